The third kappa shape index (κ3) is 1.61. The SMILES string of the molecule is CC1(C)OC(O)C[C@](C)(O)[C@H]1O. The molecule has 1 aliphatic rings. The van der Waals surface area contributed by atoms with Gasteiger partial charge in [0.05, 0.1) is 11.2 Å². The minimum Gasteiger partial charge on any atom is -0.387 e. The van der Waals surface area contributed by atoms with E-state index in [1.807, 2.05) is 0 Å². The monoisotopic (exact) mass is 176 g/mol. The van der Waals surface area contributed by atoms with E-state index in [0.29, 0.717) is 0 Å². The molecule has 0 amide bonds. The zero-order valence-electron chi connectivity index (χ0n) is 7.61. The molecule has 0 spiro atoms. The average molecular weight is 176 g/mol. The highest BCUT2D eigenvalue weighted by atomic mass is 16.6. The lowest BCUT2D eigenvalue weighted by molar-refractivity contribution is -0.294. The van der Waals surface area contributed by atoms with Gasteiger partial charge in [0, 0.05) is 6.42 Å². The second-order valence-corrected chi connectivity index (χ2v) is 4.14. The molecule has 72 valence electrons. The smallest absolute Gasteiger partial charge is 0.158 e. The fourth-order valence-corrected chi connectivity index (χ4v) is 1.67. The van der Waals surface area contributed by atoms with Crippen molar-refractivity contribution in [3.05, 3.63) is 0 Å². The molecule has 1 fully saturated rings. The van der Waals surface area contributed by atoms with Gasteiger partial charge in [-0.05, 0) is 20.8 Å². The predicted octanol–water partition coefficient (Wildman–Crippen LogP) is -0.384. The first-order valence-corrected chi connectivity index (χ1v) is 4.02. The van der Waals surface area contributed by atoms with Crippen LogP contribution in [0.3, 0.4) is 0 Å². The second kappa shape index (κ2) is 2.67. The van der Waals surface area contributed by atoms with E-state index in [4.69, 9.17) is 4.74 Å². The third-order valence-electron chi connectivity index (χ3n) is 2.28. The molecule has 1 heterocycles. The largest absolute Gasteiger partial charge is 0.387 e. The minimum absolute atomic E-state index is 0.0393. The summed E-state index contributed by atoms with van der Waals surface area (Å²) in [6, 6.07) is 0. The number of hydrogen-bond acceptors (Lipinski definition) is 4. The van der Waals surface area contributed by atoms with Gasteiger partial charge in [0.15, 0.2) is 6.29 Å². The highest BCUT2D eigenvalue weighted by Gasteiger charge is 2.49. The van der Waals surface area contributed by atoms with E-state index in [1.165, 1.54) is 6.92 Å². The summed E-state index contributed by atoms with van der Waals surface area (Å²) in [4.78, 5) is 0. The molecule has 0 radical (unpaired) electrons. The van der Waals surface area contributed by atoms with Crippen molar-refractivity contribution in [3.8, 4) is 0 Å². The van der Waals surface area contributed by atoms with Crippen LogP contribution >= 0.6 is 0 Å². The Kier molecular flexibility index (Phi) is 2.21. The highest BCUT2D eigenvalue weighted by molar-refractivity contribution is 4.97. The summed E-state index contributed by atoms with van der Waals surface area (Å²) in [6.45, 7) is 4.76. The van der Waals surface area contributed by atoms with Crippen molar-refractivity contribution in [1.29, 1.82) is 0 Å². The van der Waals surface area contributed by atoms with Crippen LogP contribution in [0.4, 0.5) is 0 Å². The molecule has 0 aromatic heterocycles. The normalized spacial score (nSPS) is 47.5. The van der Waals surface area contributed by atoms with E-state index in [2.05, 4.69) is 0 Å². The van der Waals surface area contributed by atoms with Crippen LogP contribution in [-0.4, -0.2) is 38.9 Å². The van der Waals surface area contributed by atoms with Crippen molar-refractivity contribution in [1.82, 2.24) is 0 Å². The van der Waals surface area contributed by atoms with Crippen LogP contribution in [0.5, 0.6) is 0 Å². The van der Waals surface area contributed by atoms with E-state index in [9.17, 15) is 15.3 Å². The van der Waals surface area contributed by atoms with Crippen molar-refractivity contribution in [2.75, 3.05) is 0 Å². The number of rotatable bonds is 0. The Labute approximate surface area is 71.8 Å². The van der Waals surface area contributed by atoms with Gasteiger partial charge in [0.1, 0.15) is 6.10 Å². The van der Waals surface area contributed by atoms with Crippen LogP contribution in [0.25, 0.3) is 0 Å². The molecule has 4 heteroatoms. The van der Waals surface area contributed by atoms with Crippen molar-refractivity contribution in [2.24, 2.45) is 0 Å². The molecule has 0 saturated carbocycles. The number of ether oxygens (including phenoxy) is 1. The molecule has 0 bridgehead atoms. The van der Waals surface area contributed by atoms with E-state index in [-0.39, 0.29) is 6.42 Å². The maximum absolute atomic E-state index is 9.66. The van der Waals surface area contributed by atoms with Gasteiger partial charge in [-0.15, -0.1) is 0 Å². The van der Waals surface area contributed by atoms with Crippen LogP contribution < -0.4 is 0 Å². The molecular formula is C8H16O4. The van der Waals surface area contributed by atoms with Crippen LogP contribution in [0.2, 0.25) is 0 Å². The molecular weight excluding hydrogens is 160 g/mol. The molecule has 1 saturated heterocycles. The lowest BCUT2D eigenvalue weighted by Gasteiger charge is -2.46. The molecule has 1 unspecified atom stereocenters. The molecule has 4 nitrogen and oxygen atoms in total. The molecule has 3 N–H and O–H groups in total. The Balaban J connectivity index is 2.84. The number of aliphatic hydroxyl groups excluding tert-OH is 2. The van der Waals surface area contributed by atoms with Crippen LogP contribution in [0, 0.1) is 0 Å². The zero-order valence-corrected chi connectivity index (χ0v) is 7.61. The summed E-state index contributed by atoms with van der Waals surface area (Å²) in [5, 5.41) is 28.5. The number of aliphatic hydroxyl groups is 3. The summed E-state index contributed by atoms with van der Waals surface area (Å²) >= 11 is 0. The standard InChI is InChI=1S/C8H16O4/c1-7(2)6(10)8(3,11)4-5(9)12-7/h5-6,9-11H,4H2,1-3H3/t5?,6-,8-/m0/s1. The Morgan fingerprint density at radius 1 is 1.25 bits per heavy atom. The summed E-state index contributed by atoms with van der Waals surface area (Å²) in [5.74, 6) is 0. The molecule has 0 aromatic carbocycles. The topological polar surface area (TPSA) is 69.9 Å². The van der Waals surface area contributed by atoms with Crippen LogP contribution in [-0.2, 0) is 4.74 Å². The van der Waals surface area contributed by atoms with Gasteiger partial charge in [-0.2, -0.15) is 0 Å². The fourth-order valence-electron chi connectivity index (χ4n) is 1.67. The summed E-state index contributed by atoms with van der Waals surface area (Å²) in [6.07, 6.45) is -1.94. The first-order valence-electron chi connectivity index (χ1n) is 4.02. The van der Waals surface area contributed by atoms with Gasteiger partial charge in [-0.3, -0.25) is 0 Å². The third-order valence-corrected chi connectivity index (χ3v) is 2.28. The minimum atomic E-state index is -1.28. The van der Waals surface area contributed by atoms with Crippen molar-refractivity contribution >= 4 is 0 Å². The van der Waals surface area contributed by atoms with E-state index in [1.54, 1.807) is 13.8 Å². The predicted molar refractivity (Wildman–Crippen MR) is 42.4 cm³/mol. The average Bonchev–Trinajstić information content (AvgIpc) is 1.80. The van der Waals surface area contributed by atoms with Gasteiger partial charge < -0.3 is 20.1 Å². The lowest BCUT2D eigenvalue weighted by Crippen LogP contribution is -2.60. The summed E-state index contributed by atoms with van der Waals surface area (Å²) in [5.41, 5.74) is -2.18. The molecule has 1 rings (SSSR count). The zero-order chi connectivity index (χ0) is 9.57. The Morgan fingerprint density at radius 2 is 1.75 bits per heavy atom. The second-order valence-electron chi connectivity index (χ2n) is 4.14. The summed E-state index contributed by atoms with van der Waals surface area (Å²) < 4.78 is 5.07. The molecule has 3 atom stereocenters. The van der Waals surface area contributed by atoms with Gasteiger partial charge in [-0.25, -0.2) is 0 Å². The fraction of sp³-hybridized carbons (Fsp3) is 1.00. The van der Waals surface area contributed by atoms with Crippen molar-refractivity contribution < 1.29 is 20.1 Å². The highest BCUT2D eigenvalue weighted by Crippen LogP contribution is 2.34. The van der Waals surface area contributed by atoms with Gasteiger partial charge in [0.25, 0.3) is 0 Å². The molecule has 0 aromatic rings. The molecule has 0 aliphatic carbocycles. The lowest BCUT2D eigenvalue weighted by atomic mass is 9.82. The Morgan fingerprint density at radius 3 is 2.17 bits per heavy atom. The van der Waals surface area contributed by atoms with Gasteiger partial charge in [0.2, 0.25) is 0 Å². The van der Waals surface area contributed by atoms with Crippen LogP contribution in [0.1, 0.15) is 27.2 Å². The Hall–Kier alpha value is -0.160. The maximum Gasteiger partial charge on any atom is 0.158 e. The van der Waals surface area contributed by atoms with Crippen LogP contribution in [0.15, 0.2) is 0 Å². The van der Waals surface area contributed by atoms with E-state index in [0.717, 1.165) is 0 Å². The van der Waals surface area contributed by atoms with E-state index >= 15 is 0 Å². The number of hydrogen-bond donors (Lipinski definition) is 3. The molecule has 1 aliphatic heterocycles. The first-order chi connectivity index (χ1) is 5.26. The summed E-state index contributed by atoms with van der Waals surface area (Å²) in [7, 11) is 0. The van der Waals surface area contributed by atoms with E-state index < -0.39 is 23.6 Å². The Bertz CT molecular complexity index is 158. The van der Waals surface area contributed by atoms with Crippen molar-refractivity contribution in [2.45, 2.75) is 50.8 Å². The molecule has 12 heavy (non-hydrogen) atoms. The van der Waals surface area contributed by atoms with Gasteiger partial charge >= 0.3 is 0 Å². The van der Waals surface area contributed by atoms with Crippen molar-refractivity contribution in [3.63, 3.8) is 0 Å². The maximum atomic E-state index is 9.66. The quantitative estimate of drug-likeness (QED) is 0.470. The van der Waals surface area contributed by atoms with Gasteiger partial charge in [-0.1, -0.05) is 0 Å². The first kappa shape index (κ1) is 9.92.